The molecule has 0 atom stereocenters. The molecule has 0 fully saturated rings. The Kier molecular flexibility index (Phi) is 4.94. The summed E-state index contributed by atoms with van der Waals surface area (Å²) < 4.78 is 0. The van der Waals surface area contributed by atoms with E-state index in [-0.39, 0.29) is 23.0 Å². The van der Waals surface area contributed by atoms with Crippen molar-refractivity contribution in [1.29, 1.82) is 0 Å². The van der Waals surface area contributed by atoms with Gasteiger partial charge in [-0.15, -0.1) is 0 Å². The second kappa shape index (κ2) is 7.49. The van der Waals surface area contributed by atoms with Gasteiger partial charge in [-0.2, -0.15) is 0 Å². The van der Waals surface area contributed by atoms with Crippen LogP contribution in [0.2, 0.25) is 0 Å². The van der Waals surface area contributed by atoms with Crippen molar-refractivity contribution in [2.75, 3.05) is 0 Å². The second-order valence-electron chi connectivity index (χ2n) is 5.82. The van der Waals surface area contributed by atoms with E-state index >= 15 is 0 Å². The van der Waals surface area contributed by atoms with E-state index in [1.165, 1.54) is 6.07 Å². The molecule has 0 unspecified atom stereocenters. The molecule has 0 saturated heterocycles. The van der Waals surface area contributed by atoms with Crippen molar-refractivity contribution in [3.05, 3.63) is 82.9 Å². The second-order valence-corrected chi connectivity index (χ2v) is 5.82. The first-order valence-electron chi connectivity index (χ1n) is 8.01. The predicted molar refractivity (Wildman–Crippen MR) is 104 cm³/mol. The van der Waals surface area contributed by atoms with Crippen molar-refractivity contribution in [2.24, 2.45) is 0 Å². The number of aromatic hydroxyl groups is 4. The van der Waals surface area contributed by atoms with Crippen molar-refractivity contribution < 1.29 is 20.4 Å². The highest BCUT2D eigenvalue weighted by Crippen LogP contribution is 2.30. The van der Waals surface area contributed by atoms with E-state index in [0.717, 1.165) is 11.1 Å². The van der Waals surface area contributed by atoms with Crippen LogP contribution in [0.25, 0.3) is 24.3 Å². The maximum atomic E-state index is 10.1. The number of hydrogen-bond donors (Lipinski definition) is 4. The molecule has 130 valence electrons. The first-order chi connectivity index (χ1) is 12.5. The Morgan fingerprint density at radius 3 is 1.23 bits per heavy atom. The number of rotatable bonds is 4. The monoisotopic (exact) mass is 346 g/mol. The van der Waals surface area contributed by atoms with E-state index in [4.69, 9.17) is 0 Å². The number of hydrogen-bond acceptors (Lipinski definition) is 4. The summed E-state index contributed by atoms with van der Waals surface area (Å²) in [6.45, 7) is 0. The van der Waals surface area contributed by atoms with Crippen LogP contribution in [0.5, 0.6) is 23.0 Å². The van der Waals surface area contributed by atoms with Crippen LogP contribution in [0.1, 0.15) is 22.3 Å². The van der Waals surface area contributed by atoms with E-state index in [9.17, 15) is 20.4 Å². The van der Waals surface area contributed by atoms with Gasteiger partial charge in [0, 0.05) is 17.2 Å². The molecule has 4 nitrogen and oxygen atoms in total. The molecular weight excluding hydrogens is 328 g/mol. The van der Waals surface area contributed by atoms with E-state index < -0.39 is 0 Å². The molecule has 3 aromatic carbocycles. The Labute approximate surface area is 151 Å². The Morgan fingerprint density at radius 2 is 0.846 bits per heavy atom. The summed E-state index contributed by atoms with van der Waals surface area (Å²) in [6.07, 6.45) is 7.08. The lowest BCUT2D eigenvalue weighted by atomic mass is 10.0. The Morgan fingerprint density at radius 1 is 0.462 bits per heavy atom. The summed E-state index contributed by atoms with van der Waals surface area (Å²) in [4.78, 5) is 0. The topological polar surface area (TPSA) is 80.9 Å². The van der Waals surface area contributed by atoms with Gasteiger partial charge >= 0.3 is 0 Å². The number of phenols is 4. The molecule has 4 N–H and O–H groups in total. The quantitative estimate of drug-likeness (QED) is 0.509. The third kappa shape index (κ3) is 4.24. The molecule has 0 aliphatic heterocycles. The van der Waals surface area contributed by atoms with Crippen molar-refractivity contribution in [3.63, 3.8) is 0 Å². The summed E-state index contributed by atoms with van der Waals surface area (Å²) in [5.41, 5.74) is 2.86. The highest BCUT2D eigenvalue weighted by atomic mass is 16.3. The van der Waals surface area contributed by atoms with Crippen LogP contribution < -0.4 is 0 Å². The van der Waals surface area contributed by atoms with Crippen LogP contribution in [-0.2, 0) is 0 Å². The number of benzene rings is 3. The van der Waals surface area contributed by atoms with Gasteiger partial charge in [0.15, 0.2) is 0 Å². The molecule has 0 bridgehead atoms. The molecule has 0 aliphatic carbocycles. The van der Waals surface area contributed by atoms with Crippen LogP contribution >= 0.6 is 0 Å². The predicted octanol–water partition coefficient (Wildman–Crippen LogP) is 4.85. The third-order valence-electron chi connectivity index (χ3n) is 3.87. The lowest BCUT2D eigenvalue weighted by Gasteiger charge is -2.05. The minimum Gasteiger partial charge on any atom is -0.508 e. The van der Waals surface area contributed by atoms with Crippen LogP contribution in [0.15, 0.2) is 60.7 Å². The summed E-state index contributed by atoms with van der Waals surface area (Å²) in [5, 5.41) is 38.7. The smallest absolute Gasteiger partial charge is 0.126 e. The molecule has 0 saturated carbocycles. The van der Waals surface area contributed by atoms with Gasteiger partial charge in [0.25, 0.3) is 0 Å². The van der Waals surface area contributed by atoms with E-state index in [2.05, 4.69) is 0 Å². The van der Waals surface area contributed by atoms with Crippen LogP contribution in [-0.4, -0.2) is 20.4 Å². The van der Waals surface area contributed by atoms with Gasteiger partial charge in [-0.25, -0.2) is 0 Å². The Balaban J connectivity index is 1.86. The van der Waals surface area contributed by atoms with E-state index in [0.29, 0.717) is 11.1 Å². The molecule has 0 heterocycles. The molecule has 0 aromatic heterocycles. The highest BCUT2D eigenvalue weighted by molar-refractivity contribution is 5.79. The fourth-order valence-corrected chi connectivity index (χ4v) is 2.42. The lowest BCUT2D eigenvalue weighted by Crippen LogP contribution is -1.81. The van der Waals surface area contributed by atoms with Gasteiger partial charge in [-0.1, -0.05) is 48.6 Å². The van der Waals surface area contributed by atoms with E-state index in [1.807, 2.05) is 0 Å². The maximum absolute atomic E-state index is 10.1. The summed E-state index contributed by atoms with van der Waals surface area (Å²) in [6, 6.07) is 16.4. The molecule has 0 amide bonds. The van der Waals surface area contributed by atoms with Crippen molar-refractivity contribution in [1.82, 2.24) is 0 Å². The van der Waals surface area contributed by atoms with E-state index in [1.54, 1.807) is 78.9 Å². The SMILES string of the molecule is Oc1ccc(/C=C/c2cc(/C=C/c3ccc(O)cc3)c(O)cc2O)cc1. The lowest BCUT2D eigenvalue weighted by molar-refractivity contribution is 0.449. The fourth-order valence-electron chi connectivity index (χ4n) is 2.42. The summed E-state index contributed by atoms with van der Waals surface area (Å²) >= 11 is 0. The molecule has 26 heavy (non-hydrogen) atoms. The first-order valence-corrected chi connectivity index (χ1v) is 8.01. The zero-order valence-corrected chi connectivity index (χ0v) is 13.9. The van der Waals surface area contributed by atoms with Crippen molar-refractivity contribution in [3.8, 4) is 23.0 Å². The summed E-state index contributed by atoms with van der Waals surface area (Å²) in [7, 11) is 0. The van der Waals surface area contributed by atoms with Crippen molar-refractivity contribution >= 4 is 24.3 Å². The van der Waals surface area contributed by atoms with Gasteiger partial charge in [0.05, 0.1) is 0 Å². The minimum absolute atomic E-state index is 0.0284. The molecule has 0 radical (unpaired) electrons. The summed E-state index contributed by atoms with van der Waals surface area (Å²) in [5.74, 6) is 0.325. The zero-order chi connectivity index (χ0) is 18.5. The average molecular weight is 346 g/mol. The Bertz CT molecular complexity index is 876. The van der Waals surface area contributed by atoms with Crippen molar-refractivity contribution in [2.45, 2.75) is 0 Å². The van der Waals surface area contributed by atoms with Gasteiger partial charge in [0.2, 0.25) is 0 Å². The molecule has 0 aliphatic rings. The van der Waals surface area contributed by atoms with Crippen LogP contribution in [0.4, 0.5) is 0 Å². The van der Waals surface area contributed by atoms with Gasteiger partial charge in [-0.3, -0.25) is 0 Å². The third-order valence-corrected chi connectivity index (χ3v) is 3.87. The van der Waals surface area contributed by atoms with Gasteiger partial charge < -0.3 is 20.4 Å². The van der Waals surface area contributed by atoms with Crippen LogP contribution in [0, 0.1) is 0 Å². The average Bonchev–Trinajstić information content (AvgIpc) is 2.63. The molecule has 4 heteroatoms. The maximum Gasteiger partial charge on any atom is 0.126 e. The molecule has 3 rings (SSSR count). The Hall–Kier alpha value is -3.66. The molecular formula is C22H18O4. The molecule has 3 aromatic rings. The molecule has 0 spiro atoms. The largest absolute Gasteiger partial charge is 0.508 e. The fraction of sp³-hybridized carbons (Fsp3) is 0. The first kappa shape index (κ1) is 17.2. The highest BCUT2D eigenvalue weighted by Gasteiger charge is 2.05. The number of phenolic OH excluding ortho intramolecular Hbond substituents is 4. The standard InChI is InChI=1S/C22H18O4/c23-19-9-3-15(4-10-19)1-7-17-13-18(22(26)14-21(17)25)8-2-16-5-11-20(24)12-6-16/h1-14,23-26H/b7-1+,8-2+. The normalized spacial score (nSPS) is 11.4. The van der Waals surface area contributed by atoms with Gasteiger partial charge in [0.1, 0.15) is 23.0 Å². The zero-order valence-electron chi connectivity index (χ0n) is 13.9. The minimum atomic E-state index is -0.0284. The van der Waals surface area contributed by atoms with Gasteiger partial charge in [-0.05, 0) is 41.5 Å². The van der Waals surface area contributed by atoms with Crippen LogP contribution in [0.3, 0.4) is 0 Å².